The van der Waals surface area contributed by atoms with Gasteiger partial charge in [-0.2, -0.15) is 0 Å². The van der Waals surface area contributed by atoms with Gasteiger partial charge in [-0.25, -0.2) is 4.39 Å². The van der Waals surface area contributed by atoms with E-state index in [4.69, 9.17) is 0 Å². The summed E-state index contributed by atoms with van der Waals surface area (Å²) in [6, 6.07) is 14.1. The predicted octanol–water partition coefficient (Wildman–Crippen LogP) is 5.76. The summed E-state index contributed by atoms with van der Waals surface area (Å²) in [4.78, 5) is 0. The van der Waals surface area contributed by atoms with E-state index in [9.17, 15) is 4.39 Å². The molecular weight excluding hydrogens is 247 g/mol. The topological polar surface area (TPSA) is 0 Å². The molecule has 0 aromatic heterocycles. The molecular formula is C19H19F. The van der Waals surface area contributed by atoms with E-state index in [0.717, 1.165) is 35.1 Å². The molecule has 0 aliphatic heterocycles. The lowest BCUT2D eigenvalue weighted by atomic mass is 9.90. The Morgan fingerprint density at radius 3 is 2.45 bits per heavy atom. The molecule has 20 heavy (non-hydrogen) atoms. The fourth-order valence-electron chi connectivity index (χ4n) is 2.88. The van der Waals surface area contributed by atoms with Gasteiger partial charge in [0.05, 0.1) is 0 Å². The number of benzene rings is 2. The van der Waals surface area contributed by atoms with Crippen LogP contribution in [0.3, 0.4) is 0 Å². The Labute approximate surface area is 120 Å². The van der Waals surface area contributed by atoms with Crippen LogP contribution >= 0.6 is 0 Å². The molecule has 1 aliphatic rings. The average Bonchev–Trinajstić information content (AvgIpc) is 2.51. The number of aryl methyl sites for hydroxylation is 1. The molecule has 0 nitrogen and oxygen atoms in total. The number of hydrogen-bond acceptors (Lipinski definition) is 0. The highest BCUT2D eigenvalue weighted by atomic mass is 19.1. The van der Waals surface area contributed by atoms with E-state index in [1.165, 1.54) is 18.4 Å². The van der Waals surface area contributed by atoms with Gasteiger partial charge in [-0.15, -0.1) is 0 Å². The van der Waals surface area contributed by atoms with Crippen LogP contribution in [-0.2, 0) is 0 Å². The largest absolute Gasteiger partial charge is 0.206 e. The van der Waals surface area contributed by atoms with E-state index in [1.807, 2.05) is 37.3 Å². The van der Waals surface area contributed by atoms with E-state index in [1.54, 1.807) is 0 Å². The molecule has 0 amide bonds. The maximum Gasteiger partial charge on any atom is 0.133 e. The van der Waals surface area contributed by atoms with Gasteiger partial charge in [0, 0.05) is 5.56 Å². The number of halogens is 1. The lowest BCUT2D eigenvalue weighted by Gasteiger charge is -2.16. The Kier molecular flexibility index (Phi) is 3.68. The summed E-state index contributed by atoms with van der Waals surface area (Å²) in [5, 5.41) is 0. The van der Waals surface area contributed by atoms with Gasteiger partial charge in [-0.1, -0.05) is 36.4 Å². The number of rotatable bonds is 2. The zero-order chi connectivity index (χ0) is 13.9. The molecule has 1 aliphatic carbocycles. The van der Waals surface area contributed by atoms with E-state index in [-0.39, 0.29) is 5.82 Å². The Morgan fingerprint density at radius 1 is 0.950 bits per heavy atom. The lowest BCUT2D eigenvalue weighted by molar-refractivity contribution is 0.612. The van der Waals surface area contributed by atoms with Crippen molar-refractivity contribution in [3.63, 3.8) is 0 Å². The standard InChI is InChI=1S/C19H19F/c1-14-12-17(15-8-4-2-5-9-15)13-18(19(14)20)16-10-6-3-7-11-16/h2,4-5,8-10,12-13H,3,6-7,11H2,1H3. The van der Waals surface area contributed by atoms with Crippen molar-refractivity contribution in [2.24, 2.45) is 0 Å². The third kappa shape index (κ3) is 2.53. The van der Waals surface area contributed by atoms with Crippen molar-refractivity contribution in [2.45, 2.75) is 32.6 Å². The van der Waals surface area contributed by atoms with Crippen LogP contribution in [0.1, 0.15) is 36.8 Å². The van der Waals surface area contributed by atoms with Gasteiger partial charge >= 0.3 is 0 Å². The molecule has 0 saturated carbocycles. The highest BCUT2D eigenvalue weighted by Crippen LogP contribution is 2.33. The minimum Gasteiger partial charge on any atom is -0.206 e. The SMILES string of the molecule is Cc1cc(-c2ccccc2)cc(C2=CCCCC2)c1F. The van der Waals surface area contributed by atoms with Gasteiger partial charge in [0.25, 0.3) is 0 Å². The van der Waals surface area contributed by atoms with E-state index in [0.29, 0.717) is 0 Å². The van der Waals surface area contributed by atoms with Crippen LogP contribution in [0, 0.1) is 12.7 Å². The molecule has 0 heterocycles. The van der Waals surface area contributed by atoms with Crippen molar-refractivity contribution >= 4 is 5.57 Å². The number of allylic oxidation sites excluding steroid dienone is 2. The van der Waals surface area contributed by atoms with Crippen molar-refractivity contribution in [2.75, 3.05) is 0 Å². The zero-order valence-electron chi connectivity index (χ0n) is 11.8. The summed E-state index contributed by atoms with van der Waals surface area (Å²) in [5.41, 5.74) is 4.95. The molecule has 0 radical (unpaired) electrons. The highest BCUT2D eigenvalue weighted by Gasteiger charge is 2.14. The van der Waals surface area contributed by atoms with Crippen molar-refractivity contribution in [1.82, 2.24) is 0 Å². The first-order valence-electron chi connectivity index (χ1n) is 7.30. The molecule has 2 aromatic carbocycles. The first kappa shape index (κ1) is 13.1. The average molecular weight is 266 g/mol. The zero-order valence-corrected chi connectivity index (χ0v) is 11.8. The maximum absolute atomic E-state index is 14.4. The molecule has 0 spiro atoms. The van der Waals surface area contributed by atoms with Crippen LogP contribution in [0.5, 0.6) is 0 Å². The van der Waals surface area contributed by atoms with E-state index >= 15 is 0 Å². The van der Waals surface area contributed by atoms with Crippen molar-refractivity contribution < 1.29 is 4.39 Å². The van der Waals surface area contributed by atoms with Crippen LogP contribution in [-0.4, -0.2) is 0 Å². The van der Waals surface area contributed by atoms with Gasteiger partial charge in [0.2, 0.25) is 0 Å². The Hall–Kier alpha value is -1.89. The second-order valence-electron chi connectivity index (χ2n) is 5.50. The van der Waals surface area contributed by atoms with Crippen LogP contribution in [0.4, 0.5) is 4.39 Å². The third-order valence-corrected chi connectivity index (χ3v) is 4.00. The summed E-state index contributed by atoms with van der Waals surface area (Å²) in [6.07, 6.45) is 6.66. The van der Waals surface area contributed by atoms with Gasteiger partial charge in [0.15, 0.2) is 0 Å². The third-order valence-electron chi connectivity index (χ3n) is 4.00. The van der Waals surface area contributed by atoms with Crippen LogP contribution in [0.15, 0.2) is 48.5 Å². The summed E-state index contributed by atoms with van der Waals surface area (Å²) in [5.74, 6) is -0.0576. The number of hydrogen-bond donors (Lipinski definition) is 0. The highest BCUT2D eigenvalue weighted by molar-refractivity contribution is 5.74. The molecule has 102 valence electrons. The molecule has 3 rings (SSSR count). The first-order valence-corrected chi connectivity index (χ1v) is 7.30. The monoisotopic (exact) mass is 266 g/mol. The summed E-state index contributed by atoms with van der Waals surface area (Å²) in [6.45, 7) is 1.86. The van der Waals surface area contributed by atoms with Crippen LogP contribution in [0.25, 0.3) is 16.7 Å². The quantitative estimate of drug-likeness (QED) is 0.648. The van der Waals surface area contributed by atoms with Crippen molar-refractivity contribution in [3.8, 4) is 11.1 Å². The van der Waals surface area contributed by atoms with Crippen molar-refractivity contribution in [1.29, 1.82) is 0 Å². The van der Waals surface area contributed by atoms with Gasteiger partial charge in [-0.05, 0) is 67.0 Å². The Morgan fingerprint density at radius 2 is 1.75 bits per heavy atom. The molecule has 0 bridgehead atoms. The Balaban J connectivity index is 2.10. The molecule has 1 heteroatoms. The minimum absolute atomic E-state index is 0.0576. The van der Waals surface area contributed by atoms with Gasteiger partial charge in [0.1, 0.15) is 5.82 Å². The van der Waals surface area contributed by atoms with Crippen LogP contribution in [0.2, 0.25) is 0 Å². The van der Waals surface area contributed by atoms with Gasteiger partial charge < -0.3 is 0 Å². The summed E-state index contributed by atoms with van der Waals surface area (Å²) in [7, 11) is 0. The lowest BCUT2D eigenvalue weighted by Crippen LogP contribution is -1.98. The van der Waals surface area contributed by atoms with E-state index < -0.39 is 0 Å². The minimum atomic E-state index is -0.0576. The summed E-state index contributed by atoms with van der Waals surface area (Å²) < 4.78 is 14.4. The summed E-state index contributed by atoms with van der Waals surface area (Å²) >= 11 is 0. The second-order valence-corrected chi connectivity index (χ2v) is 5.50. The molecule has 0 atom stereocenters. The second kappa shape index (κ2) is 5.62. The molecule has 2 aromatic rings. The maximum atomic E-state index is 14.4. The normalized spacial score (nSPS) is 15.0. The van der Waals surface area contributed by atoms with E-state index in [2.05, 4.69) is 18.2 Å². The predicted molar refractivity (Wildman–Crippen MR) is 83.0 cm³/mol. The fraction of sp³-hybridized carbons (Fsp3) is 0.263. The molecule has 0 fully saturated rings. The Bertz CT molecular complexity index is 638. The molecule has 0 unspecified atom stereocenters. The van der Waals surface area contributed by atoms with Crippen molar-refractivity contribution in [3.05, 3.63) is 65.5 Å². The molecule has 0 N–H and O–H groups in total. The van der Waals surface area contributed by atoms with Gasteiger partial charge in [-0.3, -0.25) is 0 Å². The fourth-order valence-corrected chi connectivity index (χ4v) is 2.88. The molecule has 0 saturated heterocycles. The van der Waals surface area contributed by atoms with Crippen LogP contribution < -0.4 is 0 Å². The first-order chi connectivity index (χ1) is 9.75. The smallest absolute Gasteiger partial charge is 0.133 e.